The van der Waals surface area contributed by atoms with Crippen LogP contribution in [0.5, 0.6) is 0 Å². The van der Waals surface area contributed by atoms with Gasteiger partial charge in [0, 0.05) is 12.1 Å². The van der Waals surface area contributed by atoms with Crippen molar-refractivity contribution in [3.05, 3.63) is 18.0 Å². The van der Waals surface area contributed by atoms with Gasteiger partial charge < -0.3 is 9.84 Å². The van der Waals surface area contributed by atoms with E-state index in [-0.39, 0.29) is 17.3 Å². The molecule has 1 amide bonds. The Morgan fingerprint density at radius 3 is 3.07 bits per heavy atom. The molecule has 0 aliphatic heterocycles. The molecule has 2 rings (SSSR count). The minimum absolute atomic E-state index is 0.0471. The highest BCUT2D eigenvalue weighted by Crippen LogP contribution is 2.24. The zero-order valence-electron chi connectivity index (χ0n) is 7.57. The number of hydrogen-bond acceptors (Lipinski definition) is 3. The molecule has 1 fully saturated rings. The minimum atomic E-state index is -0.212. The maximum atomic E-state index is 11.5. The number of alkyl halides is 1. The largest absolute Gasteiger partial charge is 0.364 e. The van der Waals surface area contributed by atoms with E-state index in [1.165, 1.54) is 12.3 Å². The van der Waals surface area contributed by atoms with Gasteiger partial charge in [-0.05, 0) is 19.3 Å². The number of carbonyl (C=O) groups is 1. The van der Waals surface area contributed by atoms with E-state index in [0.29, 0.717) is 5.69 Å². The summed E-state index contributed by atoms with van der Waals surface area (Å²) in [4.78, 5) is 11.5. The molecule has 1 aromatic heterocycles. The van der Waals surface area contributed by atoms with E-state index < -0.39 is 0 Å². The number of hydrogen-bond donors (Lipinski definition) is 1. The van der Waals surface area contributed by atoms with Gasteiger partial charge in [0.1, 0.15) is 6.26 Å². The van der Waals surface area contributed by atoms with Crippen LogP contribution < -0.4 is 5.32 Å². The third-order valence-electron chi connectivity index (χ3n) is 2.42. The van der Waals surface area contributed by atoms with Crippen molar-refractivity contribution in [1.82, 2.24) is 10.5 Å². The minimum Gasteiger partial charge on any atom is -0.364 e. The fourth-order valence-electron chi connectivity index (χ4n) is 1.65. The highest BCUT2D eigenvalue weighted by molar-refractivity contribution is 6.21. The summed E-state index contributed by atoms with van der Waals surface area (Å²) in [5.41, 5.74) is 0.306. The monoisotopic (exact) mass is 214 g/mol. The molecule has 14 heavy (non-hydrogen) atoms. The molecule has 2 atom stereocenters. The molecule has 1 aliphatic carbocycles. The first-order valence-corrected chi connectivity index (χ1v) is 5.06. The molecular weight excluding hydrogens is 204 g/mol. The third-order valence-corrected chi connectivity index (χ3v) is 2.94. The first-order valence-electron chi connectivity index (χ1n) is 4.62. The lowest BCUT2D eigenvalue weighted by Gasteiger charge is -2.14. The Labute approximate surface area is 86.6 Å². The van der Waals surface area contributed by atoms with Gasteiger partial charge in [-0.1, -0.05) is 5.16 Å². The Hall–Kier alpha value is -1.03. The lowest BCUT2D eigenvalue weighted by atomic mass is 10.2. The predicted molar refractivity (Wildman–Crippen MR) is 51.2 cm³/mol. The molecule has 1 aliphatic rings. The highest BCUT2D eigenvalue weighted by Gasteiger charge is 2.27. The van der Waals surface area contributed by atoms with Gasteiger partial charge in [-0.3, -0.25) is 4.79 Å². The topological polar surface area (TPSA) is 55.1 Å². The Kier molecular flexibility index (Phi) is 2.72. The predicted octanol–water partition coefficient (Wildman–Crippen LogP) is 1.56. The molecule has 0 spiro atoms. The van der Waals surface area contributed by atoms with Crippen molar-refractivity contribution in [2.24, 2.45) is 0 Å². The highest BCUT2D eigenvalue weighted by atomic mass is 35.5. The summed E-state index contributed by atoms with van der Waals surface area (Å²) in [6, 6.07) is 1.61. The molecule has 0 aromatic carbocycles. The van der Waals surface area contributed by atoms with E-state index in [1.807, 2.05) is 0 Å². The van der Waals surface area contributed by atoms with Crippen molar-refractivity contribution in [3.8, 4) is 0 Å². The summed E-state index contributed by atoms with van der Waals surface area (Å²) in [5, 5.41) is 6.44. The van der Waals surface area contributed by atoms with Crippen molar-refractivity contribution in [2.45, 2.75) is 30.7 Å². The maximum Gasteiger partial charge on any atom is 0.273 e. The van der Waals surface area contributed by atoms with Crippen molar-refractivity contribution < 1.29 is 9.32 Å². The van der Waals surface area contributed by atoms with E-state index in [0.717, 1.165) is 19.3 Å². The van der Waals surface area contributed by atoms with Crippen LogP contribution in [0.4, 0.5) is 0 Å². The Bertz CT molecular complexity index is 313. The second-order valence-electron chi connectivity index (χ2n) is 3.41. The average Bonchev–Trinajstić information content (AvgIpc) is 2.77. The molecule has 0 saturated heterocycles. The molecule has 1 heterocycles. The van der Waals surface area contributed by atoms with Crippen LogP contribution in [0.15, 0.2) is 16.9 Å². The van der Waals surface area contributed by atoms with Crippen molar-refractivity contribution >= 4 is 17.5 Å². The van der Waals surface area contributed by atoms with E-state index >= 15 is 0 Å². The summed E-state index contributed by atoms with van der Waals surface area (Å²) in [6.07, 6.45) is 4.35. The van der Waals surface area contributed by atoms with Crippen LogP contribution in [0.25, 0.3) is 0 Å². The van der Waals surface area contributed by atoms with Crippen molar-refractivity contribution in [3.63, 3.8) is 0 Å². The molecule has 5 heteroatoms. The molecule has 1 saturated carbocycles. The van der Waals surface area contributed by atoms with E-state index in [9.17, 15) is 4.79 Å². The van der Waals surface area contributed by atoms with E-state index in [2.05, 4.69) is 15.0 Å². The zero-order chi connectivity index (χ0) is 9.97. The van der Waals surface area contributed by atoms with Gasteiger partial charge in [0.25, 0.3) is 5.91 Å². The number of carbonyl (C=O) groups excluding carboxylic acids is 1. The van der Waals surface area contributed by atoms with Crippen LogP contribution in [-0.2, 0) is 0 Å². The summed E-state index contributed by atoms with van der Waals surface area (Å²) in [7, 11) is 0. The average molecular weight is 215 g/mol. The second-order valence-corrected chi connectivity index (χ2v) is 3.97. The van der Waals surface area contributed by atoms with Gasteiger partial charge in [-0.2, -0.15) is 0 Å². The van der Waals surface area contributed by atoms with Gasteiger partial charge in [0.05, 0.1) is 5.38 Å². The van der Waals surface area contributed by atoms with Gasteiger partial charge in [0.2, 0.25) is 0 Å². The molecule has 1 N–H and O–H groups in total. The van der Waals surface area contributed by atoms with Crippen LogP contribution in [0.3, 0.4) is 0 Å². The number of amides is 1. The van der Waals surface area contributed by atoms with Crippen molar-refractivity contribution in [2.75, 3.05) is 0 Å². The van der Waals surface area contributed by atoms with Gasteiger partial charge >= 0.3 is 0 Å². The number of halogens is 1. The Morgan fingerprint density at radius 2 is 2.50 bits per heavy atom. The van der Waals surface area contributed by atoms with Crippen molar-refractivity contribution in [1.29, 1.82) is 0 Å². The van der Waals surface area contributed by atoms with Gasteiger partial charge in [-0.15, -0.1) is 11.6 Å². The smallest absolute Gasteiger partial charge is 0.273 e. The maximum absolute atomic E-state index is 11.5. The lowest BCUT2D eigenvalue weighted by molar-refractivity contribution is 0.0929. The lowest BCUT2D eigenvalue weighted by Crippen LogP contribution is -2.37. The fourth-order valence-corrected chi connectivity index (χ4v) is 1.99. The summed E-state index contributed by atoms with van der Waals surface area (Å²) >= 11 is 6.03. The van der Waals surface area contributed by atoms with Gasteiger partial charge in [-0.25, -0.2) is 0 Å². The van der Waals surface area contributed by atoms with Gasteiger partial charge in [0.15, 0.2) is 5.69 Å². The molecule has 4 nitrogen and oxygen atoms in total. The van der Waals surface area contributed by atoms with E-state index in [1.54, 1.807) is 0 Å². The standard InChI is InChI=1S/C9H11ClN2O2/c10-6-2-1-3-7(6)11-9(13)8-4-5-14-12-8/h4-7H,1-3H2,(H,11,13). The van der Waals surface area contributed by atoms with Crippen LogP contribution in [0, 0.1) is 0 Å². The molecule has 76 valence electrons. The first kappa shape index (κ1) is 9.52. The normalized spacial score (nSPS) is 26.4. The number of nitrogens with zero attached hydrogens (tertiary/aromatic N) is 1. The second kappa shape index (κ2) is 4.00. The Morgan fingerprint density at radius 1 is 1.64 bits per heavy atom. The number of rotatable bonds is 2. The fraction of sp³-hybridized carbons (Fsp3) is 0.556. The van der Waals surface area contributed by atoms with Crippen LogP contribution in [-0.4, -0.2) is 22.5 Å². The number of nitrogens with one attached hydrogen (secondary N) is 1. The van der Waals surface area contributed by atoms with Crippen LogP contribution >= 0.6 is 11.6 Å². The number of aromatic nitrogens is 1. The molecule has 1 aromatic rings. The molecule has 0 radical (unpaired) electrons. The summed E-state index contributed by atoms with van der Waals surface area (Å²) in [5.74, 6) is -0.212. The Balaban J connectivity index is 1.95. The van der Waals surface area contributed by atoms with E-state index in [4.69, 9.17) is 11.6 Å². The van der Waals surface area contributed by atoms with Crippen LogP contribution in [0.1, 0.15) is 29.8 Å². The summed E-state index contributed by atoms with van der Waals surface area (Å²) < 4.78 is 4.58. The SMILES string of the molecule is O=C(NC1CCCC1Cl)c1ccon1. The molecule has 0 bridgehead atoms. The third kappa shape index (κ3) is 1.90. The molecule has 2 unspecified atom stereocenters. The molecular formula is C9H11ClN2O2. The zero-order valence-corrected chi connectivity index (χ0v) is 8.33. The first-order chi connectivity index (χ1) is 6.77. The summed E-state index contributed by atoms with van der Waals surface area (Å²) in [6.45, 7) is 0. The quantitative estimate of drug-likeness (QED) is 0.761. The van der Waals surface area contributed by atoms with Crippen LogP contribution in [0.2, 0.25) is 0 Å².